The van der Waals surface area contributed by atoms with Crippen LogP contribution >= 0.6 is 0 Å². The zero-order chi connectivity index (χ0) is 17.4. The van der Waals surface area contributed by atoms with Crippen molar-refractivity contribution in [1.82, 2.24) is 19.5 Å². The number of fused-ring (bicyclic) bond motifs is 1. The summed E-state index contributed by atoms with van der Waals surface area (Å²) < 4.78 is 1.75. The molecule has 8 heteroatoms. The summed E-state index contributed by atoms with van der Waals surface area (Å²) in [6.45, 7) is 2.76. The zero-order valence-corrected chi connectivity index (χ0v) is 13.9. The zero-order valence-electron chi connectivity index (χ0n) is 13.9. The molecule has 8 nitrogen and oxygen atoms in total. The quantitative estimate of drug-likeness (QED) is 0.890. The van der Waals surface area contributed by atoms with Crippen molar-refractivity contribution in [3.63, 3.8) is 0 Å². The largest absolute Gasteiger partial charge is 0.481 e. The standard InChI is InChI=1S/C17H21N5O3/c23-16(12-1-2-13(11-12)17(24)25)21-9-7-20(8-10-21)15-4-3-14-18-5-6-22(14)19-15/h3-6,12-13H,1-2,7-11H2,(H,24,25)/t12-,13+/m0/s1. The second kappa shape index (κ2) is 6.34. The van der Waals surface area contributed by atoms with E-state index in [4.69, 9.17) is 5.11 Å². The third kappa shape index (κ3) is 3.04. The van der Waals surface area contributed by atoms with E-state index in [2.05, 4.69) is 15.0 Å². The summed E-state index contributed by atoms with van der Waals surface area (Å²) >= 11 is 0. The van der Waals surface area contributed by atoms with Crippen molar-refractivity contribution in [2.24, 2.45) is 11.8 Å². The molecule has 3 heterocycles. The lowest BCUT2D eigenvalue weighted by Gasteiger charge is -2.36. The number of amides is 1. The average molecular weight is 343 g/mol. The number of carbonyl (C=O) groups is 2. The Labute approximate surface area is 145 Å². The molecule has 4 rings (SSSR count). The first-order chi connectivity index (χ1) is 12.1. The molecule has 1 aliphatic carbocycles. The first-order valence-electron chi connectivity index (χ1n) is 8.69. The second-order valence-corrected chi connectivity index (χ2v) is 6.78. The molecule has 2 aliphatic rings. The molecular weight excluding hydrogens is 322 g/mol. The number of hydrogen-bond acceptors (Lipinski definition) is 5. The number of hydrogen-bond donors (Lipinski definition) is 1. The highest BCUT2D eigenvalue weighted by molar-refractivity contribution is 5.81. The topological polar surface area (TPSA) is 91.0 Å². The van der Waals surface area contributed by atoms with E-state index in [1.54, 1.807) is 10.7 Å². The van der Waals surface area contributed by atoms with Crippen LogP contribution in [0.1, 0.15) is 19.3 Å². The fourth-order valence-electron chi connectivity index (χ4n) is 3.82. The van der Waals surface area contributed by atoms with E-state index in [1.807, 2.05) is 23.2 Å². The molecule has 1 amide bonds. The van der Waals surface area contributed by atoms with Gasteiger partial charge in [0.25, 0.3) is 0 Å². The van der Waals surface area contributed by atoms with Gasteiger partial charge in [0.15, 0.2) is 5.65 Å². The summed E-state index contributed by atoms with van der Waals surface area (Å²) in [6, 6.07) is 3.89. The Morgan fingerprint density at radius 3 is 2.56 bits per heavy atom. The van der Waals surface area contributed by atoms with Gasteiger partial charge >= 0.3 is 5.97 Å². The van der Waals surface area contributed by atoms with E-state index in [9.17, 15) is 9.59 Å². The number of aromatic nitrogens is 3. The van der Waals surface area contributed by atoms with Crippen LogP contribution in [0.15, 0.2) is 24.5 Å². The molecule has 1 N–H and O–H groups in total. The summed E-state index contributed by atoms with van der Waals surface area (Å²) in [4.78, 5) is 31.9. The number of aliphatic carboxylic acids is 1. The monoisotopic (exact) mass is 343 g/mol. The summed E-state index contributed by atoms with van der Waals surface area (Å²) in [7, 11) is 0. The van der Waals surface area contributed by atoms with Crippen LogP contribution in [0.2, 0.25) is 0 Å². The van der Waals surface area contributed by atoms with Gasteiger partial charge in [-0.3, -0.25) is 9.59 Å². The van der Waals surface area contributed by atoms with Gasteiger partial charge in [0.1, 0.15) is 5.82 Å². The minimum Gasteiger partial charge on any atom is -0.481 e. The third-order valence-electron chi connectivity index (χ3n) is 5.29. The van der Waals surface area contributed by atoms with E-state index < -0.39 is 5.97 Å². The van der Waals surface area contributed by atoms with Gasteiger partial charge in [-0.25, -0.2) is 9.50 Å². The molecule has 0 radical (unpaired) electrons. The van der Waals surface area contributed by atoms with Crippen LogP contribution < -0.4 is 4.90 Å². The fraction of sp³-hybridized carbons (Fsp3) is 0.529. The molecule has 2 atom stereocenters. The molecule has 1 saturated carbocycles. The SMILES string of the molecule is O=C(O)[C@@H]1CC[C@H](C(=O)N2CCN(c3ccc4nccn4n3)CC2)C1. The predicted octanol–water partition coefficient (Wildman–Crippen LogP) is 0.879. The molecule has 0 spiro atoms. The highest BCUT2D eigenvalue weighted by Gasteiger charge is 2.36. The maximum atomic E-state index is 12.6. The molecule has 2 aromatic rings. The van der Waals surface area contributed by atoms with Gasteiger partial charge in [0.05, 0.1) is 5.92 Å². The molecule has 0 unspecified atom stereocenters. The van der Waals surface area contributed by atoms with Gasteiger partial charge in [0, 0.05) is 44.5 Å². The van der Waals surface area contributed by atoms with Crippen molar-refractivity contribution in [2.45, 2.75) is 19.3 Å². The van der Waals surface area contributed by atoms with Crippen LogP contribution in [-0.4, -0.2) is 62.7 Å². The van der Waals surface area contributed by atoms with Crippen molar-refractivity contribution in [2.75, 3.05) is 31.1 Å². The lowest BCUT2D eigenvalue weighted by Crippen LogP contribution is -2.50. The number of anilines is 1. The average Bonchev–Trinajstić information content (AvgIpc) is 3.30. The first-order valence-corrected chi connectivity index (χ1v) is 8.69. The lowest BCUT2D eigenvalue weighted by atomic mass is 10.0. The van der Waals surface area contributed by atoms with Crippen LogP contribution in [0.4, 0.5) is 5.82 Å². The Morgan fingerprint density at radius 2 is 1.84 bits per heavy atom. The van der Waals surface area contributed by atoms with Gasteiger partial charge in [-0.15, -0.1) is 5.10 Å². The Hall–Kier alpha value is -2.64. The van der Waals surface area contributed by atoms with Gasteiger partial charge in [-0.1, -0.05) is 0 Å². The van der Waals surface area contributed by atoms with E-state index in [0.717, 1.165) is 24.6 Å². The van der Waals surface area contributed by atoms with Gasteiger partial charge in [-0.05, 0) is 31.4 Å². The van der Waals surface area contributed by atoms with E-state index in [0.29, 0.717) is 32.4 Å². The highest BCUT2D eigenvalue weighted by Crippen LogP contribution is 2.32. The predicted molar refractivity (Wildman–Crippen MR) is 90.2 cm³/mol. The van der Waals surface area contributed by atoms with Crippen LogP contribution in [0, 0.1) is 11.8 Å². The molecule has 0 aromatic carbocycles. The van der Waals surface area contributed by atoms with Crippen LogP contribution in [0.5, 0.6) is 0 Å². The van der Waals surface area contributed by atoms with Gasteiger partial charge in [0.2, 0.25) is 5.91 Å². The van der Waals surface area contributed by atoms with E-state index >= 15 is 0 Å². The smallest absolute Gasteiger partial charge is 0.306 e. The maximum absolute atomic E-state index is 12.6. The second-order valence-electron chi connectivity index (χ2n) is 6.78. The minimum atomic E-state index is -0.777. The van der Waals surface area contributed by atoms with Crippen molar-refractivity contribution in [1.29, 1.82) is 0 Å². The Balaban J connectivity index is 1.36. The Morgan fingerprint density at radius 1 is 1.08 bits per heavy atom. The molecule has 25 heavy (non-hydrogen) atoms. The first kappa shape index (κ1) is 15.9. The van der Waals surface area contributed by atoms with E-state index in [-0.39, 0.29) is 17.7 Å². The fourth-order valence-corrected chi connectivity index (χ4v) is 3.82. The number of carbonyl (C=O) groups excluding carboxylic acids is 1. The lowest BCUT2D eigenvalue weighted by molar-refractivity contribution is -0.141. The minimum absolute atomic E-state index is 0.112. The maximum Gasteiger partial charge on any atom is 0.306 e. The van der Waals surface area contributed by atoms with Gasteiger partial charge in [-0.2, -0.15) is 0 Å². The highest BCUT2D eigenvalue weighted by atomic mass is 16.4. The number of carboxylic acid groups (broad SMARTS) is 1. The van der Waals surface area contributed by atoms with Crippen molar-refractivity contribution < 1.29 is 14.7 Å². The summed E-state index contributed by atoms with van der Waals surface area (Å²) in [6.07, 6.45) is 5.31. The van der Waals surface area contributed by atoms with Crippen molar-refractivity contribution >= 4 is 23.3 Å². The summed E-state index contributed by atoms with van der Waals surface area (Å²) in [5, 5.41) is 13.6. The number of nitrogens with zero attached hydrogens (tertiary/aromatic N) is 5. The van der Waals surface area contributed by atoms with E-state index in [1.165, 1.54) is 0 Å². The van der Waals surface area contributed by atoms with Crippen LogP contribution in [0.25, 0.3) is 5.65 Å². The Bertz CT molecular complexity index is 796. The number of rotatable bonds is 3. The normalized spacial score (nSPS) is 24.0. The molecular formula is C17H21N5O3. The summed E-state index contributed by atoms with van der Waals surface area (Å²) in [5.74, 6) is -0.277. The van der Waals surface area contributed by atoms with Gasteiger partial charge < -0.3 is 14.9 Å². The molecule has 1 saturated heterocycles. The van der Waals surface area contributed by atoms with Crippen LogP contribution in [-0.2, 0) is 9.59 Å². The number of imidazole rings is 1. The molecule has 2 fully saturated rings. The Kier molecular flexibility index (Phi) is 4.03. The third-order valence-corrected chi connectivity index (χ3v) is 5.29. The van der Waals surface area contributed by atoms with Crippen molar-refractivity contribution in [3.8, 4) is 0 Å². The molecule has 1 aliphatic heterocycles. The number of piperazine rings is 1. The number of carboxylic acids is 1. The molecule has 132 valence electrons. The van der Waals surface area contributed by atoms with Crippen LogP contribution in [0.3, 0.4) is 0 Å². The summed E-state index contributed by atoms with van der Waals surface area (Å²) in [5.41, 5.74) is 0.812. The molecule has 0 bridgehead atoms. The van der Waals surface area contributed by atoms with Crippen molar-refractivity contribution in [3.05, 3.63) is 24.5 Å². The molecule has 2 aromatic heterocycles.